The van der Waals surface area contributed by atoms with Gasteiger partial charge in [0, 0.05) is 20.3 Å². The second-order valence-electron chi connectivity index (χ2n) is 2.78. The molecule has 5 heteroatoms. The average Bonchev–Trinajstić information content (AvgIpc) is 2.09. The highest BCUT2D eigenvalue weighted by atomic mass is 16.6. The summed E-state index contributed by atoms with van der Waals surface area (Å²) in [4.78, 5) is 31.2. The molecule has 0 saturated carbocycles. The molecule has 0 spiro atoms. The molecule has 14 heavy (non-hydrogen) atoms. The third-order valence-corrected chi connectivity index (χ3v) is 1.41. The normalized spacial score (nSPS) is 11.6. The molecule has 0 unspecified atom stereocenters. The monoisotopic (exact) mass is 202 g/mol. The number of hydrogen-bond donors (Lipinski definition) is 0. The number of aldehydes is 1. The van der Waals surface area contributed by atoms with Gasteiger partial charge in [0.05, 0.1) is 0 Å². The Morgan fingerprint density at radius 3 is 2.36 bits per heavy atom. The second-order valence-corrected chi connectivity index (χ2v) is 2.78. The molecule has 0 aliphatic carbocycles. The first-order valence-electron chi connectivity index (χ1n) is 4.30. The van der Waals surface area contributed by atoms with Gasteiger partial charge in [0.25, 0.3) is 0 Å². The fourth-order valence-electron chi connectivity index (χ4n) is 0.875. The number of carbonyl (C=O) groups excluding carboxylic acids is 3. The zero-order chi connectivity index (χ0) is 11.0. The minimum Gasteiger partial charge on any atom is -0.462 e. The Labute approximate surface area is 82.4 Å². The van der Waals surface area contributed by atoms with Gasteiger partial charge in [-0.2, -0.15) is 0 Å². The van der Waals surface area contributed by atoms with Crippen molar-refractivity contribution in [3.05, 3.63) is 0 Å². The van der Waals surface area contributed by atoms with E-state index in [4.69, 9.17) is 4.74 Å². The van der Waals surface area contributed by atoms with Crippen LogP contribution in [-0.2, 0) is 23.9 Å². The van der Waals surface area contributed by atoms with E-state index >= 15 is 0 Å². The molecule has 0 rings (SSSR count). The lowest BCUT2D eigenvalue weighted by Gasteiger charge is -2.15. The lowest BCUT2D eigenvalue weighted by Crippen LogP contribution is -2.23. The van der Waals surface area contributed by atoms with Crippen LogP contribution < -0.4 is 0 Å². The molecule has 0 bridgehead atoms. The topological polar surface area (TPSA) is 69.7 Å². The van der Waals surface area contributed by atoms with E-state index in [9.17, 15) is 14.4 Å². The summed E-state index contributed by atoms with van der Waals surface area (Å²) >= 11 is 0. The summed E-state index contributed by atoms with van der Waals surface area (Å²) in [7, 11) is 0. The number of rotatable bonds is 6. The molecule has 0 aliphatic heterocycles. The first-order valence-corrected chi connectivity index (χ1v) is 4.30. The maximum absolute atomic E-state index is 10.6. The van der Waals surface area contributed by atoms with Crippen molar-refractivity contribution in [3.8, 4) is 0 Å². The molecule has 0 fully saturated rings. The standard InChI is InChI=1S/C9H14O5/c1-7(11)13-6-9(4-3-5-10)14-8(2)12/h5,9H,3-4,6H2,1-2H3/t9-/m0/s1. The SMILES string of the molecule is CC(=O)OC[C@H](CCC=O)OC(C)=O. The van der Waals surface area contributed by atoms with Crippen molar-refractivity contribution in [2.24, 2.45) is 0 Å². The van der Waals surface area contributed by atoms with Gasteiger partial charge in [-0.1, -0.05) is 0 Å². The summed E-state index contributed by atoms with van der Waals surface area (Å²) in [6, 6.07) is 0. The maximum Gasteiger partial charge on any atom is 0.303 e. The molecular formula is C9H14O5. The second kappa shape index (κ2) is 7.06. The lowest BCUT2D eigenvalue weighted by molar-refractivity contribution is -0.156. The molecule has 0 N–H and O–H groups in total. The summed E-state index contributed by atoms with van der Waals surface area (Å²) in [5.41, 5.74) is 0. The van der Waals surface area contributed by atoms with Crippen molar-refractivity contribution < 1.29 is 23.9 Å². The van der Waals surface area contributed by atoms with E-state index in [2.05, 4.69) is 4.74 Å². The van der Waals surface area contributed by atoms with Crippen LogP contribution in [0.2, 0.25) is 0 Å². The zero-order valence-electron chi connectivity index (χ0n) is 8.32. The van der Waals surface area contributed by atoms with E-state index in [0.29, 0.717) is 6.42 Å². The van der Waals surface area contributed by atoms with Gasteiger partial charge in [-0.15, -0.1) is 0 Å². The van der Waals surface area contributed by atoms with Gasteiger partial charge >= 0.3 is 11.9 Å². The first kappa shape index (κ1) is 12.6. The smallest absolute Gasteiger partial charge is 0.303 e. The van der Waals surface area contributed by atoms with Crippen LogP contribution in [0.1, 0.15) is 26.7 Å². The minimum atomic E-state index is -0.526. The summed E-state index contributed by atoms with van der Waals surface area (Å²) in [6.45, 7) is 2.54. The van der Waals surface area contributed by atoms with Crippen molar-refractivity contribution in [1.29, 1.82) is 0 Å². The zero-order valence-corrected chi connectivity index (χ0v) is 8.32. The fraction of sp³-hybridized carbons (Fsp3) is 0.667. The number of hydrogen-bond acceptors (Lipinski definition) is 5. The van der Waals surface area contributed by atoms with E-state index in [0.717, 1.165) is 6.29 Å². The average molecular weight is 202 g/mol. The molecule has 80 valence electrons. The number of esters is 2. The highest BCUT2D eigenvalue weighted by molar-refractivity contribution is 5.67. The van der Waals surface area contributed by atoms with Crippen LogP contribution >= 0.6 is 0 Å². The van der Waals surface area contributed by atoms with Crippen molar-refractivity contribution in [3.63, 3.8) is 0 Å². The van der Waals surface area contributed by atoms with Crippen LogP contribution in [0.3, 0.4) is 0 Å². The molecule has 0 radical (unpaired) electrons. The van der Waals surface area contributed by atoms with Crippen LogP contribution in [0, 0.1) is 0 Å². The quantitative estimate of drug-likeness (QED) is 0.462. The molecular weight excluding hydrogens is 188 g/mol. The van der Waals surface area contributed by atoms with Gasteiger partial charge in [-0.3, -0.25) is 9.59 Å². The van der Waals surface area contributed by atoms with Crippen LogP contribution in [0.4, 0.5) is 0 Å². The molecule has 0 heterocycles. The van der Waals surface area contributed by atoms with Crippen LogP contribution in [-0.4, -0.2) is 30.9 Å². The summed E-state index contributed by atoms with van der Waals surface area (Å²) in [6.07, 6.45) is 0.849. The third kappa shape index (κ3) is 7.27. The summed E-state index contributed by atoms with van der Waals surface area (Å²) in [5.74, 6) is -0.888. The van der Waals surface area contributed by atoms with Crippen molar-refractivity contribution in [1.82, 2.24) is 0 Å². The Hall–Kier alpha value is -1.39. The molecule has 0 aromatic carbocycles. The van der Waals surface area contributed by atoms with Gasteiger partial charge in [0.2, 0.25) is 0 Å². The van der Waals surface area contributed by atoms with Crippen molar-refractivity contribution >= 4 is 18.2 Å². The van der Waals surface area contributed by atoms with E-state index in [1.54, 1.807) is 0 Å². The Balaban J connectivity index is 3.89. The van der Waals surface area contributed by atoms with E-state index in [1.807, 2.05) is 0 Å². The van der Waals surface area contributed by atoms with Gasteiger partial charge in [-0.25, -0.2) is 0 Å². The number of ether oxygens (including phenoxy) is 2. The predicted octanol–water partition coefficient (Wildman–Crippen LogP) is 0.460. The van der Waals surface area contributed by atoms with E-state index < -0.39 is 18.0 Å². The van der Waals surface area contributed by atoms with Crippen LogP contribution in [0.5, 0.6) is 0 Å². The Kier molecular flexibility index (Phi) is 6.36. The molecule has 0 amide bonds. The fourth-order valence-corrected chi connectivity index (χ4v) is 0.875. The van der Waals surface area contributed by atoms with Gasteiger partial charge in [0.1, 0.15) is 19.0 Å². The van der Waals surface area contributed by atoms with E-state index in [1.165, 1.54) is 13.8 Å². The number of carbonyl (C=O) groups is 3. The van der Waals surface area contributed by atoms with Crippen molar-refractivity contribution in [2.45, 2.75) is 32.8 Å². The van der Waals surface area contributed by atoms with E-state index in [-0.39, 0.29) is 13.0 Å². The summed E-state index contributed by atoms with van der Waals surface area (Å²) < 4.78 is 9.50. The summed E-state index contributed by atoms with van der Waals surface area (Å²) in [5, 5.41) is 0. The Morgan fingerprint density at radius 2 is 1.93 bits per heavy atom. The minimum absolute atomic E-state index is 0.00273. The largest absolute Gasteiger partial charge is 0.462 e. The van der Waals surface area contributed by atoms with Crippen LogP contribution in [0.15, 0.2) is 0 Å². The Bertz CT molecular complexity index is 211. The highest BCUT2D eigenvalue weighted by Crippen LogP contribution is 2.02. The molecule has 0 aliphatic rings. The molecule has 5 nitrogen and oxygen atoms in total. The van der Waals surface area contributed by atoms with Crippen molar-refractivity contribution in [2.75, 3.05) is 6.61 Å². The highest BCUT2D eigenvalue weighted by Gasteiger charge is 2.13. The molecule has 0 saturated heterocycles. The maximum atomic E-state index is 10.6. The Morgan fingerprint density at radius 1 is 1.29 bits per heavy atom. The van der Waals surface area contributed by atoms with Gasteiger partial charge in [0.15, 0.2) is 0 Å². The molecule has 0 aromatic heterocycles. The predicted molar refractivity (Wildman–Crippen MR) is 47.5 cm³/mol. The lowest BCUT2D eigenvalue weighted by atomic mass is 10.2. The van der Waals surface area contributed by atoms with Gasteiger partial charge in [-0.05, 0) is 6.42 Å². The third-order valence-electron chi connectivity index (χ3n) is 1.41. The molecule has 0 aromatic rings. The first-order chi connectivity index (χ1) is 6.56. The molecule has 1 atom stereocenters. The van der Waals surface area contributed by atoms with Crippen LogP contribution in [0.25, 0.3) is 0 Å². The van der Waals surface area contributed by atoms with Gasteiger partial charge < -0.3 is 14.3 Å².